The molecule has 54 heavy (non-hydrogen) atoms. The number of nitrogens with one attached hydrogen (secondary N) is 1. The molecule has 0 aliphatic carbocycles. The second kappa shape index (κ2) is 14.7. The molecule has 2 fully saturated rings. The molecule has 7 rings (SSSR count). The topological polar surface area (TPSA) is 200 Å². The number of nitrogens with zero attached hydrogens (tertiary/aromatic N) is 4. The zero-order valence-corrected chi connectivity index (χ0v) is 30.9. The van der Waals surface area contributed by atoms with Crippen LogP contribution in [0.4, 0.5) is 21.2 Å². The number of aliphatic hydroxyl groups is 5. The number of carbonyl (C=O) groups is 2. The summed E-state index contributed by atoms with van der Waals surface area (Å²) in [5.74, 6) is -2.36. The normalized spacial score (nSPS) is 30.1. The lowest BCUT2D eigenvalue weighted by molar-refractivity contribution is -0.274. The summed E-state index contributed by atoms with van der Waals surface area (Å²) >= 11 is 0. The zero-order valence-electron chi connectivity index (χ0n) is 29.9. The molecular weight excluding hydrogens is 718 g/mol. The van der Waals surface area contributed by atoms with Gasteiger partial charge in [-0.1, -0.05) is 60.7 Å². The quantitative estimate of drug-likeness (QED) is 0.103. The van der Waals surface area contributed by atoms with Gasteiger partial charge < -0.3 is 44.4 Å². The largest absolute Gasteiger partial charge is 0.395 e. The Labute approximate surface area is 312 Å². The van der Waals surface area contributed by atoms with Crippen molar-refractivity contribution in [1.29, 1.82) is 0 Å². The summed E-state index contributed by atoms with van der Waals surface area (Å²) in [6, 6.07) is 23.2. The second-order valence-corrected chi connectivity index (χ2v) is 18.5. The fourth-order valence-electron chi connectivity index (χ4n) is 8.34. The number of para-hydroxylation sites is 1. The minimum absolute atomic E-state index is 0.165. The lowest BCUT2D eigenvalue weighted by atomic mass is 9.82. The van der Waals surface area contributed by atoms with Gasteiger partial charge in [0.05, 0.1) is 30.0 Å². The molecule has 1 unspecified atom stereocenters. The summed E-state index contributed by atoms with van der Waals surface area (Å²) in [6.45, 7) is 5.15. The van der Waals surface area contributed by atoms with Crippen molar-refractivity contribution in [3.63, 3.8) is 0 Å². The van der Waals surface area contributed by atoms with Crippen molar-refractivity contribution in [1.82, 2.24) is 15.0 Å². The van der Waals surface area contributed by atoms with Crippen LogP contribution >= 0.6 is 0 Å². The van der Waals surface area contributed by atoms with Crippen LogP contribution in [0.15, 0.2) is 85.1 Å². The highest BCUT2D eigenvalue weighted by atomic mass is 28.4. The number of fused-ring (bicyclic) bond motifs is 2. The van der Waals surface area contributed by atoms with E-state index in [4.69, 9.17) is 9.47 Å². The number of anilines is 3. The Morgan fingerprint density at radius 1 is 1.00 bits per heavy atom. The minimum Gasteiger partial charge on any atom is -0.395 e. The molecule has 6 N–H and O–H groups in total. The van der Waals surface area contributed by atoms with Gasteiger partial charge in [0.15, 0.2) is 18.0 Å². The molecule has 2 saturated heterocycles. The third kappa shape index (κ3) is 6.55. The van der Waals surface area contributed by atoms with Gasteiger partial charge in [-0.15, -0.1) is 5.10 Å². The Balaban J connectivity index is 1.21. The van der Waals surface area contributed by atoms with Crippen molar-refractivity contribution in [3.8, 4) is 0 Å². The third-order valence-electron chi connectivity index (χ3n) is 10.9. The summed E-state index contributed by atoms with van der Waals surface area (Å²) in [5.41, 5.74) is 0.817. The number of carbonyl (C=O) groups excluding carboxylic acids is 2. The first-order chi connectivity index (χ1) is 25.8. The number of ether oxygens (including phenoxy) is 2. The number of halogens is 1. The van der Waals surface area contributed by atoms with Crippen LogP contribution in [0.5, 0.6) is 0 Å². The van der Waals surface area contributed by atoms with Gasteiger partial charge in [-0.2, -0.15) is 0 Å². The van der Waals surface area contributed by atoms with E-state index in [9.17, 15) is 35.1 Å². The summed E-state index contributed by atoms with van der Waals surface area (Å²) in [4.78, 5) is 29.7. The van der Waals surface area contributed by atoms with Gasteiger partial charge in [0.2, 0.25) is 8.41 Å². The first kappa shape index (κ1) is 37.9. The predicted molar refractivity (Wildman–Crippen MR) is 196 cm³/mol. The molecule has 1 spiro atoms. The predicted octanol–water partition coefficient (Wildman–Crippen LogP) is 2.68. The molecule has 3 aliphatic heterocycles. The maximum atomic E-state index is 16.5. The van der Waals surface area contributed by atoms with Crippen molar-refractivity contribution in [2.75, 3.05) is 16.8 Å². The first-order valence-corrected chi connectivity index (χ1v) is 20.9. The van der Waals surface area contributed by atoms with Crippen LogP contribution in [-0.2, 0) is 31.2 Å². The molecule has 4 heterocycles. The van der Waals surface area contributed by atoms with Gasteiger partial charge in [-0.05, 0) is 55.4 Å². The molecule has 0 radical (unpaired) electrons. The number of aryl methyl sites for hydroxylation is 1. The molecule has 0 saturated carbocycles. The van der Waals surface area contributed by atoms with Gasteiger partial charge in [-0.25, -0.2) is 0 Å². The first-order valence-electron chi connectivity index (χ1n) is 17.9. The molecule has 3 aliphatic rings. The highest BCUT2D eigenvalue weighted by Gasteiger charge is 2.67. The maximum Gasteiger partial charge on any atom is 0.268 e. The molecule has 14 nitrogen and oxygen atoms in total. The van der Waals surface area contributed by atoms with E-state index in [1.807, 2.05) is 43.3 Å². The van der Waals surface area contributed by atoms with Crippen LogP contribution in [-0.4, -0.2) is 104 Å². The van der Waals surface area contributed by atoms with Crippen LogP contribution in [0, 0.1) is 5.92 Å². The summed E-state index contributed by atoms with van der Waals surface area (Å²) in [6.07, 6.45) is -7.81. The van der Waals surface area contributed by atoms with Crippen LogP contribution in [0.25, 0.3) is 0 Å². The smallest absolute Gasteiger partial charge is 0.268 e. The van der Waals surface area contributed by atoms with Crippen LogP contribution < -0.4 is 10.2 Å². The summed E-state index contributed by atoms with van der Waals surface area (Å²) in [7, 11) is -3.54. The van der Waals surface area contributed by atoms with Crippen LogP contribution in [0.1, 0.15) is 36.1 Å². The molecule has 286 valence electrons. The van der Waals surface area contributed by atoms with Crippen molar-refractivity contribution in [3.05, 3.63) is 102 Å². The van der Waals surface area contributed by atoms with Crippen LogP contribution in [0.3, 0.4) is 0 Å². The Bertz CT molecular complexity index is 1980. The van der Waals surface area contributed by atoms with E-state index in [2.05, 4.69) is 15.6 Å². The fraction of sp³-hybridized carbons (Fsp3) is 0.421. The highest BCUT2D eigenvalue weighted by Crippen LogP contribution is 2.61. The van der Waals surface area contributed by atoms with E-state index >= 15 is 4.11 Å². The second-order valence-electron chi connectivity index (χ2n) is 14.7. The zero-order chi connectivity index (χ0) is 38.5. The highest BCUT2D eigenvalue weighted by molar-refractivity contribution is 6.72. The molecule has 2 amide bonds. The van der Waals surface area contributed by atoms with E-state index in [0.29, 0.717) is 35.6 Å². The lowest BCUT2D eigenvalue weighted by Crippen LogP contribution is -2.60. The molecule has 3 aromatic carbocycles. The number of hydrogen-bond acceptors (Lipinski definition) is 11. The maximum absolute atomic E-state index is 16.5. The lowest BCUT2D eigenvalue weighted by Gasteiger charge is -2.37. The monoisotopic (exact) mass is 761 g/mol. The number of aliphatic hydroxyl groups excluding tert-OH is 5. The van der Waals surface area contributed by atoms with E-state index in [1.165, 1.54) is 4.90 Å². The molecule has 1 aromatic heterocycles. The number of benzene rings is 3. The third-order valence-corrected chi connectivity index (χ3v) is 13.4. The van der Waals surface area contributed by atoms with Gasteiger partial charge in [0.1, 0.15) is 18.3 Å². The molecule has 4 aromatic rings. The summed E-state index contributed by atoms with van der Waals surface area (Å²) < 4.78 is 30.2. The van der Waals surface area contributed by atoms with E-state index in [-0.39, 0.29) is 18.2 Å². The number of amides is 2. The Hall–Kier alpha value is -4.39. The molecular formula is C38H44FN5O9Si. The van der Waals surface area contributed by atoms with Gasteiger partial charge >= 0.3 is 0 Å². The van der Waals surface area contributed by atoms with E-state index < -0.39 is 74.1 Å². The van der Waals surface area contributed by atoms with Gasteiger partial charge in [0, 0.05) is 41.1 Å². The fourth-order valence-corrected chi connectivity index (χ4v) is 10.9. The molecule has 16 heteroatoms. The SMILES string of the molecule is C[C@@H]1[C@@H]([Si](C)(C)F)[C@H](CCn2cc(C(CO)c3ccccc3)nn2)O[C@@]12C(=O)N(c1ccccc1)c1ccc(NC(=O)[C@H]3O[C@@H](O)[C@H](O)[C@@H](O)[C@@H]3O)cc12. The number of rotatable bonds is 10. The average Bonchev–Trinajstić information content (AvgIpc) is 3.81. The van der Waals surface area contributed by atoms with Crippen molar-refractivity contribution in [2.24, 2.45) is 5.92 Å². The van der Waals surface area contributed by atoms with Gasteiger partial charge in [-0.3, -0.25) is 19.2 Å². The van der Waals surface area contributed by atoms with Crippen molar-refractivity contribution in [2.45, 2.75) is 86.9 Å². The Morgan fingerprint density at radius 3 is 2.35 bits per heavy atom. The average molecular weight is 762 g/mol. The van der Waals surface area contributed by atoms with E-state index in [1.54, 1.807) is 66.4 Å². The van der Waals surface area contributed by atoms with Crippen molar-refractivity contribution >= 4 is 37.3 Å². The number of hydrogen-bond donors (Lipinski definition) is 6. The van der Waals surface area contributed by atoms with Crippen LogP contribution in [0.2, 0.25) is 18.6 Å². The van der Waals surface area contributed by atoms with Crippen molar-refractivity contribution < 1.29 is 48.7 Å². The standard InChI is InChI=1S/C38H44FN5O9Si/c1-21-34(54(2,3)39)29(16-17-43-19-27(41-42-43)25(20-45)22-10-6-4-7-11-22)53-38(21)26-18-23(40-35(49)33-31(47)30(46)32(48)36(50)52-33)14-15-28(26)44(37(38)51)24-12-8-5-9-13-24/h4-15,18-19,21,25,29-34,36,45-48,50H,16-17,20H2,1-3H3,(H,40,49)/t21-,25?,29+,30+,31+,32-,33+,34-,36-,38+/m1/s1. The molecule has 10 atom stereocenters. The minimum atomic E-state index is -3.54. The number of aromatic nitrogens is 3. The molecule has 0 bridgehead atoms. The Morgan fingerprint density at radius 2 is 1.69 bits per heavy atom. The summed E-state index contributed by atoms with van der Waals surface area (Å²) in [5, 5.41) is 61.9. The Kier molecular flexibility index (Phi) is 10.3. The van der Waals surface area contributed by atoms with E-state index in [0.717, 1.165) is 5.56 Å². The van der Waals surface area contributed by atoms with Gasteiger partial charge in [0.25, 0.3) is 11.8 Å².